The zero-order valence-corrected chi connectivity index (χ0v) is 17.7. The zero-order valence-electron chi connectivity index (χ0n) is 16.9. The number of imide groups is 1. The van der Waals surface area contributed by atoms with Crippen molar-refractivity contribution >= 4 is 40.8 Å². The highest BCUT2D eigenvalue weighted by atomic mass is 35.5. The Morgan fingerprint density at radius 1 is 1.00 bits per heavy atom. The van der Waals surface area contributed by atoms with Crippen molar-refractivity contribution in [3.05, 3.63) is 70.9 Å². The Morgan fingerprint density at radius 3 is 2.27 bits per heavy atom. The van der Waals surface area contributed by atoms with E-state index in [1.807, 2.05) is 44.2 Å². The molecule has 0 fully saturated rings. The first-order valence-corrected chi connectivity index (χ1v) is 10.3. The number of amides is 2. The van der Waals surface area contributed by atoms with E-state index in [1.165, 1.54) is 24.3 Å². The number of para-hydroxylation sites is 1. The van der Waals surface area contributed by atoms with Gasteiger partial charge in [-0.05, 0) is 49.7 Å². The molecule has 1 heterocycles. The van der Waals surface area contributed by atoms with Gasteiger partial charge in [-0.1, -0.05) is 43.1 Å². The normalized spacial score (nSPS) is 13.8. The molecule has 2 amide bonds. The van der Waals surface area contributed by atoms with Crippen molar-refractivity contribution in [2.45, 2.75) is 26.7 Å². The summed E-state index contributed by atoms with van der Waals surface area (Å²) in [5.74, 6) is -1.54. The molecule has 0 aliphatic carbocycles. The fraction of sp³-hybridized carbons (Fsp3) is 0.261. The summed E-state index contributed by atoms with van der Waals surface area (Å²) in [6.07, 6.45) is 1.72. The lowest BCUT2D eigenvalue weighted by molar-refractivity contribution is -0.120. The van der Waals surface area contributed by atoms with Crippen molar-refractivity contribution in [3.8, 4) is 0 Å². The zero-order chi connectivity index (χ0) is 21.7. The number of rotatable bonds is 8. The standard InChI is InChI=1S/C23H23ClN2O4/c1-3-5-15-30-23(29)16-11-13-18(14-12-16)26-21(27)19(24)20(22(26)28)25(4-2)17-9-7-6-8-10-17/h6-14H,3-5,15H2,1-2H3. The lowest BCUT2D eigenvalue weighted by Gasteiger charge is -2.24. The number of likely N-dealkylation sites (N-methyl/N-ethyl adjacent to an activating group) is 1. The summed E-state index contributed by atoms with van der Waals surface area (Å²) in [7, 11) is 0. The van der Waals surface area contributed by atoms with E-state index in [0.29, 0.717) is 24.4 Å². The van der Waals surface area contributed by atoms with Crippen molar-refractivity contribution < 1.29 is 19.1 Å². The molecule has 0 bridgehead atoms. The summed E-state index contributed by atoms with van der Waals surface area (Å²) in [4.78, 5) is 40.7. The van der Waals surface area contributed by atoms with Gasteiger partial charge in [0.2, 0.25) is 0 Å². The molecule has 2 aromatic carbocycles. The van der Waals surface area contributed by atoms with Crippen LogP contribution in [0.25, 0.3) is 0 Å². The number of unbranched alkanes of at least 4 members (excludes halogenated alkanes) is 1. The van der Waals surface area contributed by atoms with Crippen molar-refractivity contribution in [1.29, 1.82) is 0 Å². The second-order valence-corrected chi connectivity index (χ2v) is 7.10. The van der Waals surface area contributed by atoms with Crippen LogP contribution in [0.1, 0.15) is 37.0 Å². The average molecular weight is 427 g/mol. The fourth-order valence-electron chi connectivity index (χ4n) is 3.18. The third-order valence-electron chi connectivity index (χ3n) is 4.75. The van der Waals surface area contributed by atoms with Gasteiger partial charge in [-0.25, -0.2) is 9.69 Å². The third-order valence-corrected chi connectivity index (χ3v) is 5.09. The summed E-state index contributed by atoms with van der Waals surface area (Å²) in [6, 6.07) is 15.4. The van der Waals surface area contributed by atoms with E-state index in [9.17, 15) is 14.4 Å². The highest BCUT2D eigenvalue weighted by molar-refractivity contribution is 6.53. The minimum atomic E-state index is -0.593. The maximum atomic E-state index is 13.1. The molecule has 0 radical (unpaired) electrons. The molecule has 0 saturated carbocycles. The number of esters is 1. The van der Waals surface area contributed by atoms with Crippen molar-refractivity contribution in [1.82, 2.24) is 0 Å². The number of ether oxygens (including phenoxy) is 1. The van der Waals surface area contributed by atoms with Crippen LogP contribution < -0.4 is 9.80 Å². The van der Waals surface area contributed by atoms with Crippen LogP contribution in [-0.2, 0) is 14.3 Å². The lowest BCUT2D eigenvalue weighted by atomic mass is 10.2. The number of hydrogen-bond acceptors (Lipinski definition) is 5. The van der Waals surface area contributed by atoms with E-state index < -0.39 is 17.8 Å². The van der Waals surface area contributed by atoms with Crippen molar-refractivity contribution in [2.24, 2.45) is 0 Å². The first-order chi connectivity index (χ1) is 14.5. The summed E-state index contributed by atoms with van der Waals surface area (Å²) >= 11 is 6.30. The molecular formula is C23H23ClN2O4. The van der Waals surface area contributed by atoms with E-state index in [0.717, 1.165) is 23.4 Å². The highest BCUT2D eigenvalue weighted by Gasteiger charge is 2.41. The third kappa shape index (κ3) is 4.24. The number of hydrogen-bond donors (Lipinski definition) is 0. The highest BCUT2D eigenvalue weighted by Crippen LogP contribution is 2.33. The van der Waals surface area contributed by atoms with Gasteiger partial charge in [0, 0.05) is 12.2 Å². The Hall–Kier alpha value is -3.12. The van der Waals surface area contributed by atoms with Gasteiger partial charge >= 0.3 is 5.97 Å². The SMILES string of the molecule is CCCCOC(=O)c1ccc(N2C(=O)C(Cl)=C(N(CC)c3ccccc3)C2=O)cc1. The molecule has 0 atom stereocenters. The van der Waals surface area contributed by atoms with Gasteiger partial charge in [0.25, 0.3) is 11.8 Å². The van der Waals surface area contributed by atoms with E-state index >= 15 is 0 Å². The van der Waals surface area contributed by atoms with Crippen LogP contribution in [0.2, 0.25) is 0 Å². The smallest absolute Gasteiger partial charge is 0.338 e. The lowest BCUT2D eigenvalue weighted by Crippen LogP contribution is -2.35. The van der Waals surface area contributed by atoms with Crippen LogP contribution in [0.5, 0.6) is 0 Å². The first kappa shape index (κ1) is 21.6. The van der Waals surface area contributed by atoms with Gasteiger partial charge in [-0.15, -0.1) is 0 Å². The van der Waals surface area contributed by atoms with Gasteiger partial charge in [-0.2, -0.15) is 0 Å². The van der Waals surface area contributed by atoms with E-state index in [2.05, 4.69) is 0 Å². The Labute approximate surface area is 180 Å². The molecule has 1 aliphatic rings. The largest absolute Gasteiger partial charge is 0.462 e. The maximum absolute atomic E-state index is 13.1. The number of benzene rings is 2. The molecule has 156 valence electrons. The number of carbonyl (C=O) groups is 3. The van der Waals surface area contributed by atoms with Crippen LogP contribution in [0.4, 0.5) is 11.4 Å². The fourth-order valence-corrected chi connectivity index (χ4v) is 3.44. The number of nitrogens with zero attached hydrogens (tertiary/aromatic N) is 2. The van der Waals surface area contributed by atoms with Gasteiger partial charge in [0.05, 0.1) is 17.9 Å². The summed E-state index contributed by atoms with van der Waals surface area (Å²) in [5.41, 5.74) is 1.60. The average Bonchev–Trinajstić information content (AvgIpc) is 2.99. The Bertz CT molecular complexity index is 970. The van der Waals surface area contributed by atoms with Crippen molar-refractivity contribution in [2.75, 3.05) is 23.0 Å². The summed E-state index contributed by atoms with van der Waals surface area (Å²) < 4.78 is 5.18. The van der Waals surface area contributed by atoms with Crippen LogP contribution >= 0.6 is 11.6 Å². The summed E-state index contributed by atoms with van der Waals surface area (Å²) in [6.45, 7) is 4.71. The molecule has 0 aromatic heterocycles. The minimum absolute atomic E-state index is 0.131. The monoisotopic (exact) mass is 426 g/mol. The second-order valence-electron chi connectivity index (χ2n) is 6.72. The molecule has 0 spiro atoms. The predicted molar refractivity (Wildman–Crippen MR) is 116 cm³/mol. The van der Waals surface area contributed by atoms with Gasteiger partial charge in [0.1, 0.15) is 10.7 Å². The molecule has 0 unspecified atom stereocenters. The van der Waals surface area contributed by atoms with Crippen LogP contribution in [-0.4, -0.2) is 30.9 Å². The number of anilines is 2. The minimum Gasteiger partial charge on any atom is -0.462 e. The molecular weight excluding hydrogens is 404 g/mol. The topological polar surface area (TPSA) is 66.9 Å². The molecule has 0 saturated heterocycles. The molecule has 2 aromatic rings. The quantitative estimate of drug-likeness (QED) is 0.353. The van der Waals surface area contributed by atoms with Gasteiger partial charge < -0.3 is 9.64 Å². The maximum Gasteiger partial charge on any atom is 0.338 e. The van der Waals surface area contributed by atoms with Gasteiger partial charge in [0.15, 0.2) is 0 Å². The van der Waals surface area contributed by atoms with E-state index in [-0.39, 0.29) is 10.7 Å². The van der Waals surface area contributed by atoms with E-state index in [1.54, 1.807) is 4.90 Å². The molecule has 0 N–H and O–H groups in total. The first-order valence-electron chi connectivity index (χ1n) is 9.87. The van der Waals surface area contributed by atoms with Crippen molar-refractivity contribution in [3.63, 3.8) is 0 Å². The summed E-state index contributed by atoms with van der Waals surface area (Å²) in [5, 5.41) is -0.131. The molecule has 1 aliphatic heterocycles. The van der Waals surface area contributed by atoms with Crippen LogP contribution in [0.3, 0.4) is 0 Å². The number of halogens is 1. The van der Waals surface area contributed by atoms with Crippen LogP contribution in [0, 0.1) is 0 Å². The van der Waals surface area contributed by atoms with Crippen LogP contribution in [0.15, 0.2) is 65.3 Å². The second kappa shape index (κ2) is 9.59. The predicted octanol–water partition coefficient (Wildman–Crippen LogP) is 4.49. The molecule has 7 heteroatoms. The molecule has 6 nitrogen and oxygen atoms in total. The molecule has 30 heavy (non-hydrogen) atoms. The Kier molecular flexibility index (Phi) is 6.90. The Morgan fingerprint density at radius 2 is 1.67 bits per heavy atom. The molecule has 3 rings (SSSR count). The van der Waals surface area contributed by atoms with E-state index in [4.69, 9.17) is 16.3 Å². The Balaban J connectivity index is 1.83. The number of carbonyl (C=O) groups excluding carboxylic acids is 3. The van der Waals surface area contributed by atoms with Gasteiger partial charge in [-0.3, -0.25) is 9.59 Å².